The minimum atomic E-state index is -0.0888. The fourth-order valence-electron chi connectivity index (χ4n) is 2.46. The zero-order chi connectivity index (χ0) is 20.4. The summed E-state index contributed by atoms with van der Waals surface area (Å²) in [5.74, 6) is 1.84. The van der Waals surface area contributed by atoms with E-state index in [-0.39, 0.29) is 29.9 Å². The number of carbonyl (C=O) groups is 1. The van der Waals surface area contributed by atoms with Gasteiger partial charge in [-0.1, -0.05) is 22.0 Å². The van der Waals surface area contributed by atoms with E-state index in [1.54, 1.807) is 33.4 Å². The lowest BCUT2D eigenvalue weighted by molar-refractivity contribution is 0.0953. The molecule has 0 radical (unpaired) electrons. The van der Waals surface area contributed by atoms with Gasteiger partial charge in [-0.2, -0.15) is 0 Å². The Hall–Kier alpha value is -2.01. The van der Waals surface area contributed by atoms with Crippen LogP contribution in [0.4, 0.5) is 5.69 Å². The average Bonchev–Trinajstić information content (AvgIpc) is 2.72. The highest BCUT2D eigenvalue weighted by molar-refractivity contribution is 14.0. The molecule has 158 valence electrons. The molecule has 0 heterocycles. The Morgan fingerprint density at radius 2 is 1.76 bits per heavy atom. The molecule has 0 aliphatic carbocycles. The van der Waals surface area contributed by atoms with E-state index in [0.717, 1.165) is 16.6 Å². The summed E-state index contributed by atoms with van der Waals surface area (Å²) in [6.07, 6.45) is 0.756. The molecule has 2 rings (SSSR count). The third-order valence-electron chi connectivity index (χ3n) is 3.89. The number of anilines is 1. The highest BCUT2D eigenvalue weighted by atomic mass is 127. The number of hydrogen-bond acceptors (Lipinski definition) is 4. The van der Waals surface area contributed by atoms with Crippen molar-refractivity contribution in [1.29, 1.82) is 0 Å². The summed E-state index contributed by atoms with van der Waals surface area (Å²) in [7, 11) is 4.89. The molecule has 0 unspecified atom stereocenters. The SMILES string of the molecule is CN=C(NCCCNC(=O)c1cccc(Br)c1)Nc1ccc(OC)c(OC)c1.I. The normalized spacial score (nSPS) is 10.6. The Morgan fingerprint density at radius 3 is 2.41 bits per heavy atom. The maximum absolute atomic E-state index is 12.1. The molecule has 0 saturated carbocycles. The summed E-state index contributed by atoms with van der Waals surface area (Å²) in [6, 6.07) is 12.8. The number of halogens is 2. The smallest absolute Gasteiger partial charge is 0.251 e. The monoisotopic (exact) mass is 576 g/mol. The lowest BCUT2D eigenvalue weighted by Gasteiger charge is -2.14. The van der Waals surface area contributed by atoms with E-state index in [0.29, 0.717) is 36.1 Å². The van der Waals surface area contributed by atoms with Crippen LogP contribution in [0.3, 0.4) is 0 Å². The van der Waals surface area contributed by atoms with Gasteiger partial charge >= 0.3 is 0 Å². The van der Waals surface area contributed by atoms with Gasteiger partial charge in [0, 0.05) is 41.9 Å². The van der Waals surface area contributed by atoms with Crippen molar-refractivity contribution in [2.24, 2.45) is 4.99 Å². The molecule has 29 heavy (non-hydrogen) atoms. The number of guanidine groups is 1. The van der Waals surface area contributed by atoms with Crippen molar-refractivity contribution in [3.8, 4) is 11.5 Å². The van der Waals surface area contributed by atoms with E-state index < -0.39 is 0 Å². The van der Waals surface area contributed by atoms with Gasteiger partial charge < -0.3 is 25.4 Å². The summed E-state index contributed by atoms with van der Waals surface area (Å²) in [6.45, 7) is 1.22. The number of nitrogens with one attached hydrogen (secondary N) is 3. The second-order valence-corrected chi connectivity index (χ2v) is 6.73. The second kappa shape index (κ2) is 13.3. The minimum Gasteiger partial charge on any atom is -0.493 e. The highest BCUT2D eigenvalue weighted by Crippen LogP contribution is 2.29. The predicted molar refractivity (Wildman–Crippen MR) is 131 cm³/mol. The fourth-order valence-corrected chi connectivity index (χ4v) is 2.86. The molecule has 2 aromatic carbocycles. The van der Waals surface area contributed by atoms with E-state index in [1.807, 2.05) is 30.3 Å². The summed E-state index contributed by atoms with van der Waals surface area (Å²) < 4.78 is 11.4. The zero-order valence-corrected chi connectivity index (χ0v) is 20.5. The minimum absolute atomic E-state index is 0. The molecule has 0 aliphatic heterocycles. The molecule has 0 aromatic heterocycles. The molecule has 0 fully saturated rings. The van der Waals surface area contributed by atoms with Gasteiger partial charge in [-0.05, 0) is 36.8 Å². The first-order valence-corrected chi connectivity index (χ1v) is 9.60. The van der Waals surface area contributed by atoms with E-state index in [9.17, 15) is 4.79 Å². The third kappa shape index (κ3) is 8.09. The average molecular weight is 577 g/mol. The molecule has 0 atom stereocenters. The van der Waals surface area contributed by atoms with Crippen LogP contribution in [0.25, 0.3) is 0 Å². The maximum atomic E-state index is 12.1. The van der Waals surface area contributed by atoms with Crippen LogP contribution in [0, 0.1) is 0 Å². The van der Waals surface area contributed by atoms with Crippen LogP contribution in [0.15, 0.2) is 51.9 Å². The molecule has 0 aliphatic rings. The lowest BCUT2D eigenvalue weighted by Crippen LogP contribution is -2.33. The molecule has 1 amide bonds. The van der Waals surface area contributed by atoms with Gasteiger partial charge in [0.25, 0.3) is 5.91 Å². The Bertz CT molecular complexity index is 833. The number of nitrogens with zero attached hydrogens (tertiary/aromatic N) is 1. The van der Waals surface area contributed by atoms with Gasteiger partial charge in [0.2, 0.25) is 0 Å². The van der Waals surface area contributed by atoms with Crippen molar-refractivity contribution in [3.63, 3.8) is 0 Å². The van der Waals surface area contributed by atoms with E-state index in [1.165, 1.54) is 0 Å². The van der Waals surface area contributed by atoms with Gasteiger partial charge in [0.05, 0.1) is 14.2 Å². The van der Waals surface area contributed by atoms with Crippen LogP contribution in [0.5, 0.6) is 11.5 Å². The first-order chi connectivity index (χ1) is 13.6. The second-order valence-electron chi connectivity index (χ2n) is 5.81. The molecule has 9 heteroatoms. The van der Waals surface area contributed by atoms with Crippen LogP contribution < -0.4 is 25.4 Å². The Morgan fingerprint density at radius 1 is 1.03 bits per heavy atom. The number of carbonyl (C=O) groups excluding carboxylic acids is 1. The number of amides is 1. The molecule has 0 spiro atoms. The number of rotatable bonds is 8. The van der Waals surface area contributed by atoms with Gasteiger partial charge in [-0.3, -0.25) is 9.79 Å². The van der Waals surface area contributed by atoms with E-state index >= 15 is 0 Å². The van der Waals surface area contributed by atoms with Crippen LogP contribution in [0.1, 0.15) is 16.8 Å². The lowest BCUT2D eigenvalue weighted by atomic mass is 10.2. The van der Waals surface area contributed by atoms with Crippen molar-refractivity contribution in [2.45, 2.75) is 6.42 Å². The predicted octanol–water partition coefficient (Wildman–Crippen LogP) is 3.89. The Balaban J connectivity index is 0.00000420. The van der Waals surface area contributed by atoms with Crippen LogP contribution in [-0.4, -0.2) is 46.2 Å². The molecule has 2 aromatic rings. The summed E-state index contributed by atoms with van der Waals surface area (Å²) in [4.78, 5) is 16.3. The fraction of sp³-hybridized carbons (Fsp3) is 0.300. The number of hydrogen-bond donors (Lipinski definition) is 3. The molecular weight excluding hydrogens is 551 g/mol. The number of benzene rings is 2. The van der Waals surface area contributed by atoms with Crippen molar-refractivity contribution in [2.75, 3.05) is 39.7 Å². The quantitative estimate of drug-likeness (QED) is 0.192. The number of ether oxygens (including phenoxy) is 2. The molecular formula is C20H26BrIN4O3. The standard InChI is InChI=1S/C20H25BrN4O3.HI/c1-22-20(25-16-8-9-17(27-2)18(13-16)28-3)24-11-5-10-23-19(26)14-6-4-7-15(21)12-14;/h4,6-9,12-13H,5,10-11H2,1-3H3,(H,23,26)(H2,22,24,25);1H. The van der Waals surface area contributed by atoms with Crippen molar-refractivity contribution < 1.29 is 14.3 Å². The maximum Gasteiger partial charge on any atom is 0.251 e. The van der Waals surface area contributed by atoms with Crippen LogP contribution in [0.2, 0.25) is 0 Å². The van der Waals surface area contributed by atoms with E-state index in [4.69, 9.17) is 9.47 Å². The summed E-state index contributed by atoms with van der Waals surface area (Å²) in [5, 5.41) is 9.32. The van der Waals surface area contributed by atoms with Crippen LogP contribution >= 0.6 is 39.9 Å². The summed E-state index contributed by atoms with van der Waals surface area (Å²) in [5.41, 5.74) is 1.46. The first-order valence-electron chi connectivity index (χ1n) is 8.81. The van der Waals surface area contributed by atoms with Crippen LogP contribution in [-0.2, 0) is 0 Å². The van der Waals surface area contributed by atoms with Gasteiger partial charge in [0.1, 0.15) is 0 Å². The zero-order valence-electron chi connectivity index (χ0n) is 16.6. The van der Waals surface area contributed by atoms with Gasteiger partial charge in [-0.25, -0.2) is 0 Å². The van der Waals surface area contributed by atoms with Crippen molar-refractivity contribution in [1.82, 2.24) is 10.6 Å². The summed E-state index contributed by atoms with van der Waals surface area (Å²) >= 11 is 3.37. The molecule has 3 N–H and O–H groups in total. The molecule has 0 saturated heterocycles. The topological polar surface area (TPSA) is 84.0 Å². The first kappa shape index (κ1) is 25.0. The Labute approximate surface area is 196 Å². The van der Waals surface area contributed by atoms with Crippen molar-refractivity contribution in [3.05, 3.63) is 52.5 Å². The Kier molecular flexibility index (Phi) is 11.4. The largest absolute Gasteiger partial charge is 0.493 e. The third-order valence-corrected chi connectivity index (χ3v) is 4.38. The van der Waals surface area contributed by atoms with E-state index in [2.05, 4.69) is 36.9 Å². The number of aliphatic imine (C=N–C) groups is 1. The van der Waals surface area contributed by atoms with Gasteiger partial charge in [-0.15, -0.1) is 24.0 Å². The van der Waals surface area contributed by atoms with Crippen molar-refractivity contribution >= 4 is 57.5 Å². The molecule has 0 bridgehead atoms. The molecule has 7 nitrogen and oxygen atoms in total. The number of methoxy groups -OCH3 is 2. The van der Waals surface area contributed by atoms with Gasteiger partial charge in [0.15, 0.2) is 17.5 Å². The highest BCUT2D eigenvalue weighted by Gasteiger charge is 2.07.